The number of rotatable bonds is 4. The summed E-state index contributed by atoms with van der Waals surface area (Å²) in [5, 5.41) is 4.01. The number of hydrogen-bond acceptors (Lipinski definition) is 4. The maximum Gasteiger partial charge on any atom is 0.291 e. The SMILES string of the molecule is CC(C)c1ccc(-c2cc(=O)c3cc(NC(=O)c4cc5cc(Br)ccc5o4)ccc3o2)cc1. The molecule has 33 heavy (non-hydrogen) atoms. The topological polar surface area (TPSA) is 72.5 Å². The van der Waals surface area contributed by atoms with Crippen LogP contribution >= 0.6 is 15.9 Å². The summed E-state index contributed by atoms with van der Waals surface area (Å²) in [5.74, 6) is 0.731. The number of fused-ring (bicyclic) bond motifs is 2. The van der Waals surface area contributed by atoms with Gasteiger partial charge < -0.3 is 14.2 Å². The smallest absolute Gasteiger partial charge is 0.291 e. The van der Waals surface area contributed by atoms with Crippen molar-refractivity contribution in [3.63, 3.8) is 0 Å². The van der Waals surface area contributed by atoms with Crippen LogP contribution in [0.5, 0.6) is 0 Å². The van der Waals surface area contributed by atoms with E-state index in [4.69, 9.17) is 8.83 Å². The lowest BCUT2D eigenvalue weighted by Crippen LogP contribution is -2.11. The number of carbonyl (C=O) groups is 1. The Labute approximate surface area is 198 Å². The number of carbonyl (C=O) groups excluding carboxylic acids is 1. The molecule has 164 valence electrons. The largest absolute Gasteiger partial charge is 0.456 e. The van der Waals surface area contributed by atoms with Gasteiger partial charge in [-0.05, 0) is 53.9 Å². The molecule has 0 aliphatic carbocycles. The van der Waals surface area contributed by atoms with Gasteiger partial charge in [-0.3, -0.25) is 9.59 Å². The first-order valence-electron chi connectivity index (χ1n) is 10.6. The molecular formula is C27H20BrNO4. The molecule has 0 spiro atoms. The zero-order valence-electron chi connectivity index (χ0n) is 18.0. The monoisotopic (exact) mass is 501 g/mol. The molecule has 0 aliphatic rings. The van der Waals surface area contributed by atoms with Gasteiger partial charge in [0.2, 0.25) is 0 Å². The van der Waals surface area contributed by atoms with E-state index in [0.29, 0.717) is 33.9 Å². The minimum absolute atomic E-state index is 0.177. The molecule has 0 aliphatic heterocycles. The molecule has 1 N–H and O–H groups in total. The zero-order chi connectivity index (χ0) is 23.1. The molecule has 1 amide bonds. The van der Waals surface area contributed by atoms with Crippen molar-refractivity contribution < 1.29 is 13.6 Å². The standard InChI is InChI=1S/C27H20BrNO4/c1-15(2)16-3-5-17(6-4-16)25-14-22(30)21-13-20(8-10-24(21)33-25)29-27(31)26-12-18-11-19(28)7-9-23(18)32-26/h3-15H,1-2H3,(H,29,31). The van der Waals surface area contributed by atoms with Gasteiger partial charge in [0.1, 0.15) is 16.9 Å². The van der Waals surface area contributed by atoms with Crippen LogP contribution in [-0.2, 0) is 0 Å². The van der Waals surface area contributed by atoms with Crippen molar-refractivity contribution in [2.45, 2.75) is 19.8 Å². The number of halogens is 1. The Morgan fingerprint density at radius 1 is 0.879 bits per heavy atom. The van der Waals surface area contributed by atoms with E-state index in [-0.39, 0.29) is 11.2 Å². The molecule has 6 heteroatoms. The molecule has 2 heterocycles. The molecule has 0 bridgehead atoms. The molecule has 2 aromatic heterocycles. The van der Waals surface area contributed by atoms with Gasteiger partial charge in [0.15, 0.2) is 11.2 Å². The van der Waals surface area contributed by atoms with Crippen molar-refractivity contribution in [1.29, 1.82) is 0 Å². The van der Waals surface area contributed by atoms with Crippen molar-refractivity contribution >= 4 is 49.5 Å². The number of hydrogen-bond donors (Lipinski definition) is 1. The predicted octanol–water partition coefficient (Wildman–Crippen LogP) is 7.34. The van der Waals surface area contributed by atoms with E-state index in [2.05, 4.69) is 35.1 Å². The Morgan fingerprint density at radius 2 is 1.64 bits per heavy atom. The van der Waals surface area contributed by atoms with E-state index in [9.17, 15) is 9.59 Å². The Bertz CT molecular complexity index is 1560. The lowest BCUT2D eigenvalue weighted by atomic mass is 10.0. The van der Waals surface area contributed by atoms with Crippen LogP contribution in [-0.4, -0.2) is 5.91 Å². The summed E-state index contributed by atoms with van der Waals surface area (Å²) >= 11 is 3.41. The fraction of sp³-hybridized carbons (Fsp3) is 0.111. The second kappa shape index (κ2) is 8.37. The Morgan fingerprint density at radius 3 is 2.39 bits per heavy atom. The fourth-order valence-electron chi connectivity index (χ4n) is 3.73. The van der Waals surface area contributed by atoms with Crippen LogP contribution in [0, 0.1) is 0 Å². The third kappa shape index (κ3) is 4.22. The number of amides is 1. The maximum atomic E-state index is 12.8. The van der Waals surface area contributed by atoms with Gasteiger partial charge in [-0.2, -0.15) is 0 Å². The molecule has 0 fully saturated rings. The normalized spacial score (nSPS) is 11.4. The van der Waals surface area contributed by atoms with Gasteiger partial charge in [0.25, 0.3) is 5.91 Å². The molecule has 0 radical (unpaired) electrons. The predicted molar refractivity (Wildman–Crippen MR) is 134 cm³/mol. The highest BCUT2D eigenvalue weighted by Gasteiger charge is 2.14. The molecule has 5 aromatic rings. The lowest BCUT2D eigenvalue weighted by Gasteiger charge is -2.08. The van der Waals surface area contributed by atoms with Crippen LogP contribution < -0.4 is 10.7 Å². The highest BCUT2D eigenvalue weighted by atomic mass is 79.9. The summed E-state index contributed by atoms with van der Waals surface area (Å²) in [4.78, 5) is 25.5. The van der Waals surface area contributed by atoms with Gasteiger partial charge in [0.05, 0.1) is 5.39 Å². The van der Waals surface area contributed by atoms with Gasteiger partial charge in [-0.15, -0.1) is 0 Å². The first-order chi connectivity index (χ1) is 15.9. The molecule has 0 saturated heterocycles. The second-order valence-electron chi connectivity index (χ2n) is 8.21. The fourth-order valence-corrected chi connectivity index (χ4v) is 4.11. The summed E-state index contributed by atoms with van der Waals surface area (Å²) in [6.07, 6.45) is 0. The van der Waals surface area contributed by atoms with Crippen molar-refractivity contribution in [2.75, 3.05) is 5.32 Å². The van der Waals surface area contributed by atoms with Crippen LogP contribution in [0.25, 0.3) is 33.3 Å². The molecular weight excluding hydrogens is 482 g/mol. The third-order valence-corrected chi connectivity index (χ3v) is 6.04. The van der Waals surface area contributed by atoms with Crippen molar-refractivity contribution in [2.24, 2.45) is 0 Å². The Hall–Kier alpha value is -3.64. The third-order valence-electron chi connectivity index (χ3n) is 5.55. The summed E-state index contributed by atoms with van der Waals surface area (Å²) in [5.41, 5.74) is 3.44. The summed E-state index contributed by atoms with van der Waals surface area (Å²) < 4.78 is 12.5. The zero-order valence-corrected chi connectivity index (χ0v) is 19.6. The van der Waals surface area contributed by atoms with E-state index in [1.165, 1.54) is 11.6 Å². The number of anilines is 1. The van der Waals surface area contributed by atoms with Crippen molar-refractivity contribution in [3.8, 4) is 11.3 Å². The van der Waals surface area contributed by atoms with Gasteiger partial charge in [-0.1, -0.05) is 54.0 Å². The van der Waals surface area contributed by atoms with Crippen LogP contribution in [0.3, 0.4) is 0 Å². The first kappa shape index (κ1) is 21.2. The van der Waals surface area contributed by atoms with E-state index in [1.807, 2.05) is 36.4 Å². The van der Waals surface area contributed by atoms with E-state index in [1.54, 1.807) is 30.3 Å². The minimum atomic E-state index is -0.395. The van der Waals surface area contributed by atoms with Crippen LogP contribution in [0.1, 0.15) is 35.9 Å². The van der Waals surface area contributed by atoms with E-state index in [0.717, 1.165) is 15.4 Å². The Kier molecular flexibility index (Phi) is 5.38. The first-order valence-corrected chi connectivity index (χ1v) is 11.4. The second-order valence-corrected chi connectivity index (χ2v) is 9.13. The molecule has 3 aromatic carbocycles. The van der Waals surface area contributed by atoms with Gasteiger partial charge >= 0.3 is 0 Å². The molecule has 5 nitrogen and oxygen atoms in total. The highest BCUT2D eigenvalue weighted by Crippen LogP contribution is 2.27. The van der Waals surface area contributed by atoms with E-state index >= 15 is 0 Å². The maximum absolute atomic E-state index is 12.8. The summed E-state index contributed by atoms with van der Waals surface area (Å²) in [6, 6.07) is 21.7. The van der Waals surface area contributed by atoms with Crippen LogP contribution in [0.2, 0.25) is 0 Å². The number of nitrogens with one attached hydrogen (secondary N) is 1. The van der Waals surface area contributed by atoms with Gasteiger partial charge in [0, 0.05) is 27.2 Å². The molecule has 0 saturated carbocycles. The quantitative estimate of drug-likeness (QED) is 0.279. The van der Waals surface area contributed by atoms with Crippen molar-refractivity contribution in [3.05, 3.63) is 98.8 Å². The Balaban J connectivity index is 1.43. The number of furan rings is 1. The van der Waals surface area contributed by atoms with Crippen molar-refractivity contribution in [1.82, 2.24) is 0 Å². The highest BCUT2D eigenvalue weighted by molar-refractivity contribution is 9.10. The molecule has 5 rings (SSSR count). The average molecular weight is 502 g/mol. The minimum Gasteiger partial charge on any atom is -0.456 e. The van der Waals surface area contributed by atoms with E-state index < -0.39 is 5.91 Å². The molecule has 0 atom stereocenters. The number of benzene rings is 3. The lowest BCUT2D eigenvalue weighted by molar-refractivity contribution is 0.0998. The average Bonchev–Trinajstić information content (AvgIpc) is 3.23. The summed E-state index contributed by atoms with van der Waals surface area (Å²) in [7, 11) is 0. The summed E-state index contributed by atoms with van der Waals surface area (Å²) in [6.45, 7) is 4.27. The van der Waals surface area contributed by atoms with Gasteiger partial charge in [-0.25, -0.2) is 0 Å². The molecule has 0 unspecified atom stereocenters. The van der Waals surface area contributed by atoms with Crippen LogP contribution in [0.4, 0.5) is 5.69 Å². The van der Waals surface area contributed by atoms with Crippen LogP contribution in [0.15, 0.2) is 90.9 Å².